The molecule has 7 nitrogen and oxygen atoms in total. The molecule has 2 aromatic carbocycles. The fourth-order valence-electron chi connectivity index (χ4n) is 2.05. The number of carbonyl (C=O) groups is 2. The molecule has 0 aliphatic rings. The van der Waals surface area contributed by atoms with Crippen LogP contribution in [0.4, 0.5) is 11.4 Å². The summed E-state index contributed by atoms with van der Waals surface area (Å²) in [6.45, 7) is 0. The number of carboxylic acids is 1. The number of benzene rings is 2. The molecule has 0 saturated heterocycles. The Morgan fingerprint density at radius 2 is 1.73 bits per heavy atom. The van der Waals surface area contributed by atoms with Crippen LogP contribution >= 0.6 is 0 Å². The highest BCUT2D eigenvalue weighted by atomic mass is 16.6. The molecule has 22 heavy (non-hydrogen) atoms. The van der Waals surface area contributed by atoms with Crippen LogP contribution in [0.2, 0.25) is 0 Å². The Labute approximate surface area is 125 Å². The molecule has 0 amide bonds. The molecule has 0 bridgehead atoms. The SMILES string of the molecule is CNc1ccc(C(=O)c2ccccc2C(=O)[O-])cc1[N+](=O)[O-]. The van der Waals surface area contributed by atoms with Crippen molar-refractivity contribution in [3.63, 3.8) is 0 Å². The Bertz CT molecular complexity index is 770. The molecule has 0 heterocycles. The minimum absolute atomic E-state index is 0.0272. The minimum atomic E-state index is -1.48. The molecule has 0 fully saturated rings. The standard InChI is InChI=1S/C15H12N2O5/c1-16-12-7-6-9(8-13(12)17(21)22)14(18)10-4-2-3-5-11(10)15(19)20/h2-8,16H,1H3,(H,19,20)/p-1. The Morgan fingerprint density at radius 3 is 2.27 bits per heavy atom. The summed E-state index contributed by atoms with van der Waals surface area (Å²) in [5, 5.41) is 24.7. The highest BCUT2D eigenvalue weighted by molar-refractivity contribution is 6.14. The highest BCUT2D eigenvalue weighted by Crippen LogP contribution is 2.26. The number of nitrogens with one attached hydrogen (secondary N) is 1. The number of hydrogen-bond donors (Lipinski definition) is 1. The van der Waals surface area contributed by atoms with E-state index in [1.54, 1.807) is 0 Å². The number of nitro groups is 1. The number of nitrogens with zero attached hydrogens (tertiary/aromatic N) is 1. The second kappa shape index (κ2) is 6.04. The summed E-state index contributed by atoms with van der Waals surface area (Å²) in [5.74, 6) is -2.10. The summed E-state index contributed by atoms with van der Waals surface area (Å²) in [6, 6.07) is 9.47. The van der Waals surface area contributed by atoms with Gasteiger partial charge < -0.3 is 15.2 Å². The Hall–Kier alpha value is -3.22. The molecule has 7 heteroatoms. The van der Waals surface area contributed by atoms with E-state index in [-0.39, 0.29) is 28.1 Å². The van der Waals surface area contributed by atoms with Gasteiger partial charge in [-0.3, -0.25) is 14.9 Å². The van der Waals surface area contributed by atoms with Gasteiger partial charge in [-0.2, -0.15) is 0 Å². The molecular weight excluding hydrogens is 288 g/mol. The van der Waals surface area contributed by atoms with Crippen LogP contribution < -0.4 is 10.4 Å². The third kappa shape index (κ3) is 2.78. The van der Waals surface area contributed by atoms with Gasteiger partial charge in [-0.15, -0.1) is 0 Å². The molecule has 0 saturated carbocycles. The summed E-state index contributed by atoms with van der Waals surface area (Å²) >= 11 is 0. The average Bonchev–Trinajstić information content (AvgIpc) is 2.53. The van der Waals surface area contributed by atoms with Gasteiger partial charge in [0.1, 0.15) is 5.69 Å². The predicted molar refractivity (Wildman–Crippen MR) is 76.8 cm³/mol. The number of carbonyl (C=O) groups excluding carboxylic acids is 2. The van der Waals surface area contributed by atoms with Crippen molar-refractivity contribution in [2.24, 2.45) is 0 Å². The van der Waals surface area contributed by atoms with Gasteiger partial charge in [0.05, 0.1) is 10.9 Å². The molecule has 0 spiro atoms. The van der Waals surface area contributed by atoms with Crippen LogP contribution in [-0.2, 0) is 0 Å². The first-order valence-corrected chi connectivity index (χ1v) is 6.27. The Morgan fingerprint density at radius 1 is 1.09 bits per heavy atom. The van der Waals surface area contributed by atoms with Crippen molar-refractivity contribution in [3.8, 4) is 0 Å². The number of hydrogen-bond acceptors (Lipinski definition) is 6. The molecule has 2 rings (SSSR count). The van der Waals surface area contributed by atoms with Crippen LogP contribution in [0.15, 0.2) is 42.5 Å². The number of aromatic carboxylic acids is 1. The average molecular weight is 299 g/mol. The second-order valence-electron chi connectivity index (χ2n) is 4.40. The molecule has 0 aromatic heterocycles. The molecule has 112 valence electrons. The number of ketones is 1. The first-order valence-electron chi connectivity index (χ1n) is 6.27. The van der Waals surface area contributed by atoms with Crippen LogP contribution in [-0.4, -0.2) is 23.7 Å². The van der Waals surface area contributed by atoms with Crippen molar-refractivity contribution >= 4 is 23.1 Å². The number of nitro benzene ring substituents is 1. The van der Waals surface area contributed by atoms with E-state index in [1.807, 2.05) is 0 Å². The van der Waals surface area contributed by atoms with E-state index in [4.69, 9.17) is 0 Å². The van der Waals surface area contributed by atoms with Crippen molar-refractivity contribution < 1.29 is 19.6 Å². The van der Waals surface area contributed by atoms with Crippen LogP contribution in [0.1, 0.15) is 26.3 Å². The highest BCUT2D eigenvalue weighted by Gasteiger charge is 2.19. The van der Waals surface area contributed by atoms with Crippen LogP contribution in [0.25, 0.3) is 0 Å². The monoisotopic (exact) mass is 299 g/mol. The van der Waals surface area contributed by atoms with E-state index in [0.717, 1.165) is 6.07 Å². The van der Waals surface area contributed by atoms with Gasteiger partial charge in [-0.05, 0) is 12.1 Å². The van der Waals surface area contributed by atoms with E-state index in [9.17, 15) is 24.8 Å². The van der Waals surface area contributed by atoms with Gasteiger partial charge in [-0.25, -0.2) is 0 Å². The largest absolute Gasteiger partial charge is 0.545 e. The minimum Gasteiger partial charge on any atom is -0.545 e. The maximum absolute atomic E-state index is 12.4. The van der Waals surface area contributed by atoms with Crippen LogP contribution in [0, 0.1) is 10.1 Å². The van der Waals surface area contributed by atoms with Gasteiger partial charge in [0, 0.05) is 29.8 Å². The zero-order valence-electron chi connectivity index (χ0n) is 11.5. The summed E-state index contributed by atoms with van der Waals surface area (Å²) in [5.41, 5.74) is -0.310. The van der Waals surface area contributed by atoms with Crippen molar-refractivity contribution in [2.45, 2.75) is 0 Å². The fraction of sp³-hybridized carbons (Fsp3) is 0.0667. The lowest BCUT2D eigenvalue weighted by atomic mass is 9.98. The summed E-state index contributed by atoms with van der Waals surface area (Å²) in [7, 11) is 1.52. The molecule has 0 aliphatic carbocycles. The third-order valence-electron chi connectivity index (χ3n) is 3.12. The van der Waals surface area contributed by atoms with E-state index in [0.29, 0.717) is 0 Å². The maximum atomic E-state index is 12.4. The zero-order valence-corrected chi connectivity index (χ0v) is 11.5. The lowest BCUT2D eigenvalue weighted by Crippen LogP contribution is -2.25. The van der Waals surface area contributed by atoms with E-state index < -0.39 is 16.7 Å². The molecular formula is C15H11N2O5-. The van der Waals surface area contributed by atoms with Crippen LogP contribution in [0.5, 0.6) is 0 Å². The first-order chi connectivity index (χ1) is 10.5. The van der Waals surface area contributed by atoms with Gasteiger partial charge >= 0.3 is 0 Å². The maximum Gasteiger partial charge on any atom is 0.293 e. The summed E-state index contributed by atoms with van der Waals surface area (Å²) < 4.78 is 0. The topological polar surface area (TPSA) is 112 Å². The van der Waals surface area contributed by atoms with Gasteiger partial charge in [0.25, 0.3) is 5.69 Å². The molecule has 0 atom stereocenters. The van der Waals surface area contributed by atoms with Gasteiger partial charge in [0.15, 0.2) is 5.78 Å². The predicted octanol–water partition coefficient (Wildman–Crippen LogP) is 1.23. The smallest absolute Gasteiger partial charge is 0.293 e. The van der Waals surface area contributed by atoms with E-state index in [1.165, 1.54) is 43.4 Å². The fourth-order valence-corrected chi connectivity index (χ4v) is 2.05. The van der Waals surface area contributed by atoms with Crippen LogP contribution in [0.3, 0.4) is 0 Å². The molecule has 1 N–H and O–H groups in total. The number of rotatable bonds is 5. The van der Waals surface area contributed by atoms with Crippen molar-refractivity contribution in [1.82, 2.24) is 0 Å². The number of anilines is 1. The molecule has 0 unspecified atom stereocenters. The van der Waals surface area contributed by atoms with E-state index >= 15 is 0 Å². The van der Waals surface area contributed by atoms with Crippen molar-refractivity contribution in [1.29, 1.82) is 0 Å². The van der Waals surface area contributed by atoms with Crippen molar-refractivity contribution in [2.75, 3.05) is 12.4 Å². The first kappa shape index (κ1) is 15.2. The normalized spacial score (nSPS) is 10.0. The number of carboxylic acid groups (broad SMARTS) is 1. The zero-order chi connectivity index (χ0) is 16.3. The Kier molecular flexibility index (Phi) is 4.17. The van der Waals surface area contributed by atoms with E-state index in [2.05, 4.69) is 5.32 Å². The quantitative estimate of drug-likeness (QED) is 0.505. The summed E-state index contributed by atoms with van der Waals surface area (Å²) in [4.78, 5) is 33.9. The lowest BCUT2D eigenvalue weighted by molar-refractivity contribution is -0.384. The van der Waals surface area contributed by atoms with Gasteiger partial charge in [0.2, 0.25) is 0 Å². The van der Waals surface area contributed by atoms with Crippen molar-refractivity contribution in [3.05, 3.63) is 69.3 Å². The second-order valence-corrected chi connectivity index (χ2v) is 4.40. The lowest BCUT2D eigenvalue weighted by Gasteiger charge is -2.10. The summed E-state index contributed by atoms with van der Waals surface area (Å²) in [6.07, 6.45) is 0. The third-order valence-corrected chi connectivity index (χ3v) is 3.12. The molecule has 0 aliphatic heterocycles. The van der Waals surface area contributed by atoms with Gasteiger partial charge in [-0.1, -0.05) is 24.3 Å². The molecule has 0 radical (unpaired) electrons. The molecule has 2 aromatic rings. The Balaban J connectivity index is 2.53.